The van der Waals surface area contributed by atoms with Gasteiger partial charge >= 0.3 is 0 Å². The van der Waals surface area contributed by atoms with E-state index in [2.05, 4.69) is 27.5 Å². The molecule has 0 saturated carbocycles. The molecule has 4 N–H and O–H groups in total. The molecule has 210 valence electrons. The predicted molar refractivity (Wildman–Crippen MR) is 147 cm³/mol. The summed E-state index contributed by atoms with van der Waals surface area (Å²) < 4.78 is 31.5. The summed E-state index contributed by atoms with van der Waals surface area (Å²) in [5.74, 6) is 3.92. The van der Waals surface area contributed by atoms with Gasteiger partial charge in [-0.3, -0.25) is 24.6 Å². The molecule has 3 amide bonds. The third-order valence-electron chi connectivity index (χ3n) is 5.89. The van der Waals surface area contributed by atoms with Crippen LogP contribution in [0.5, 0.6) is 5.75 Å². The molecule has 3 rings (SSSR count). The first kappa shape index (κ1) is 30.1. The van der Waals surface area contributed by atoms with E-state index in [0.29, 0.717) is 17.7 Å². The first-order valence-corrected chi connectivity index (χ1v) is 14.0. The number of hydrogen-bond donors (Lipinski definition) is 4. The molecule has 0 spiro atoms. The number of fused-ring (bicyclic) bond motifs is 1. The van der Waals surface area contributed by atoms with Crippen LogP contribution in [0, 0.1) is 11.8 Å². The van der Waals surface area contributed by atoms with E-state index in [1.165, 1.54) is 35.9 Å². The van der Waals surface area contributed by atoms with Crippen LogP contribution in [0.2, 0.25) is 0 Å². The first-order valence-electron chi connectivity index (χ1n) is 12.5. The summed E-state index contributed by atoms with van der Waals surface area (Å²) in [4.78, 5) is 40.8. The Balaban J connectivity index is 1.45. The average molecular weight is 567 g/mol. The van der Waals surface area contributed by atoms with Gasteiger partial charge in [0.05, 0.1) is 22.5 Å². The molecular formula is C28H30N4O7S. The number of unbranched alkanes of at least 4 members (excludes halogenated alkanes) is 1. The Labute approximate surface area is 232 Å². The number of amides is 3. The molecule has 40 heavy (non-hydrogen) atoms. The van der Waals surface area contributed by atoms with Crippen LogP contribution in [-0.2, 0) is 19.4 Å². The summed E-state index contributed by atoms with van der Waals surface area (Å²) in [5.41, 5.74) is 2.51. The normalized spacial score (nSPS) is 11.6. The lowest BCUT2D eigenvalue weighted by Crippen LogP contribution is -2.39. The van der Waals surface area contributed by atoms with Crippen molar-refractivity contribution in [2.75, 3.05) is 19.7 Å². The fraction of sp³-hybridized carbons (Fsp3) is 0.286. The molecule has 0 aliphatic heterocycles. The minimum atomic E-state index is -4.11. The summed E-state index contributed by atoms with van der Waals surface area (Å²) in [6, 6.07) is 14.6. The van der Waals surface area contributed by atoms with Crippen LogP contribution in [0.25, 0.3) is 10.9 Å². The molecule has 3 aromatic rings. The number of carbonyl (C=O) groups is 3. The van der Waals surface area contributed by atoms with Gasteiger partial charge in [0.2, 0.25) is 5.91 Å². The monoisotopic (exact) mass is 566 g/mol. The van der Waals surface area contributed by atoms with Gasteiger partial charge in [-0.25, -0.2) is 13.9 Å². The zero-order valence-electron chi connectivity index (χ0n) is 21.8. The van der Waals surface area contributed by atoms with E-state index >= 15 is 0 Å². The van der Waals surface area contributed by atoms with Gasteiger partial charge in [0, 0.05) is 18.1 Å². The lowest BCUT2D eigenvalue weighted by atomic mass is 10.1. The summed E-state index contributed by atoms with van der Waals surface area (Å²) in [5, 5.41) is 13.6. The largest absolute Gasteiger partial charge is 0.481 e. The van der Waals surface area contributed by atoms with E-state index in [9.17, 15) is 22.8 Å². The second-order valence-corrected chi connectivity index (χ2v) is 10.8. The third-order valence-corrected chi connectivity index (χ3v) is 8.02. The number of pyridine rings is 1. The maximum atomic E-state index is 13.1. The minimum Gasteiger partial charge on any atom is -0.481 e. The summed E-state index contributed by atoms with van der Waals surface area (Å²) in [7, 11) is -4.11. The number of hydrogen-bond acceptors (Lipinski definition) is 8. The highest BCUT2D eigenvalue weighted by Crippen LogP contribution is 2.23. The zero-order valence-corrected chi connectivity index (χ0v) is 22.7. The van der Waals surface area contributed by atoms with Gasteiger partial charge in [0.1, 0.15) is 17.6 Å². The maximum absolute atomic E-state index is 13.1. The molecule has 0 fully saturated rings. The Hall–Kier alpha value is -4.47. The number of nitrogens with one attached hydrogen (secondary N) is 3. The van der Waals surface area contributed by atoms with E-state index in [1.807, 2.05) is 24.3 Å². The lowest BCUT2D eigenvalue weighted by molar-refractivity contribution is -0.129. The van der Waals surface area contributed by atoms with Gasteiger partial charge in [-0.1, -0.05) is 24.1 Å². The molecule has 0 radical (unpaired) electrons. The highest BCUT2D eigenvalue weighted by molar-refractivity contribution is 7.92. The fourth-order valence-electron chi connectivity index (χ4n) is 3.78. The molecule has 0 bridgehead atoms. The van der Waals surface area contributed by atoms with E-state index < -0.39 is 32.8 Å². The summed E-state index contributed by atoms with van der Waals surface area (Å²) >= 11 is 0. The van der Waals surface area contributed by atoms with Crippen LogP contribution in [-0.4, -0.2) is 61.3 Å². The average Bonchev–Trinajstić information content (AvgIpc) is 2.97. The Morgan fingerprint density at radius 1 is 1.05 bits per heavy atom. The highest BCUT2D eigenvalue weighted by atomic mass is 32.2. The van der Waals surface area contributed by atoms with E-state index in [0.717, 1.165) is 10.9 Å². The second kappa shape index (κ2) is 14.6. The summed E-state index contributed by atoms with van der Waals surface area (Å²) in [6.45, 7) is 1.78. The van der Waals surface area contributed by atoms with Gasteiger partial charge < -0.3 is 15.4 Å². The van der Waals surface area contributed by atoms with Crippen molar-refractivity contribution in [3.63, 3.8) is 0 Å². The fourth-order valence-corrected chi connectivity index (χ4v) is 5.44. The lowest BCUT2D eigenvalue weighted by Gasteiger charge is -2.16. The Kier molecular flexibility index (Phi) is 11.0. The third kappa shape index (κ3) is 8.26. The van der Waals surface area contributed by atoms with Crippen LogP contribution < -0.4 is 20.9 Å². The number of nitrogens with zero attached hydrogens (tertiary/aromatic N) is 1. The molecule has 0 saturated heterocycles. The van der Waals surface area contributed by atoms with Crippen LogP contribution in [0.1, 0.15) is 36.5 Å². The number of benzene rings is 2. The smallest absolute Gasteiger partial charge is 0.262 e. The van der Waals surface area contributed by atoms with Gasteiger partial charge in [-0.05, 0) is 62.6 Å². The number of para-hydroxylation sites is 1. The number of hydroxylamine groups is 1. The van der Waals surface area contributed by atoms with Crippen LogP contribution in [0.4, 0.5) is 0 Å². The van der Waals surface area contributed by atoms with Crippen molar-refractivity contribution in [2.45, 2.75) is 36.3 Å². The van der Waals surface area contributed by atoms with Gasteiger partial charge in [-0.15, -0.1) is 5.92 Å². The number of ether oxygens (including phenoxy) is 1. The van der Waals surface area contributed by atoms with Crippen molar-refractivity contribution >= 4 is 38.5 Å². The molecule has 11 nitrogen and oxygen atoms in total. The second-order valence-electron chi connectivity index (χ2n) is 8.64. The molecule has 12 heteroatoms. The van der Waals surface area contributed by atoms with Crippen molar-refractivity contribution in [1.82, 2.24) is 21.1 Å². The number of rotatable bonds is 13. The number of aromatic nitrogens is 1. The van der Waals surface area contributed by atoms with Gasteiger partial charge in [0.25, 0.3) is 11.8 Å². The number of sulfone groups is 1. The van der Waals surface area contributed by atoms with Crippen molar-refractivity contribution in [1.29, 1.82) is 0 Å². The molecule has 1 unspecified atom stereocenters. The SMILES string of the molecule is CC#CCOc1ccc(S(=O)(=O)C(CCCCNC(=O)CNC(=O)c2cnc3ccccc3c2)C(=O)NO)cc1. The molecule has 1 atom stereocenters. The maximum Gasteiger partial charge on any atom is 0.262 e. The summed E-state index contributed by atoms with van der Waals surface area (Å²) in [6.07, 6.45) is 1.99. The Bertz CT molecular complexity index is 1510. The Morgan fingerprint density at radius 2 is 1.80 bits per heavy atom. The molecular weight excluding hydrogens is 536 g/mol. The van der Waals surface area contributed by atoms with Crippen molar-refractivity contribution in [3.8, 4) is 17.6 Å². The Morgan fingerprint density at radius 3 is 2.52 bits per heavy atom. The molecule has 0 aliphatic rings. The molecule has 0 aliphatic carbocycles. The van der Waals surface area contributed by atoms with E-state index in [1.54, 1.807) is 13.0 Å². The van der Waals surface area contributed by atoms with Crippen LogP contribution in [0.3, 0.4) is 0 Å². The quantitative estimate of drug-likeness (QED) is 0.106. The minimum absolute atomic E-state index is 0.0827. The van der Waals surface area contributed by atoms with Gasteiger partial charge in [-0.2, -0.15) is 0 Å². The topological polar surface area (TPSA) is 164 Å². The van der Waals surface area contributed by atoms with Crippen molar-refractivity contribution in [2.24, 2.45) is 0 Å². The standard InChI is InChI=1S/C28H30N4O7S/c1-2-3-16-39-22-11-13-23(14-12-22)40(37,38)25(28(35)32-36)10-6-7-15-29-26(33)19-31-27(34)21-17-20-8-4-5-9-24(20)30-18-21/h4-5,8-9,11-14,17-18,25,36H,6-7,10,15-16,19H2,1H3,(H,29,33)(H,31,34)(H,32,35). The zero-order chi connectivity index (χ0) is 29.0. The molecule has 2 aromatic carbocycles. The van der Waals surface area contributed by atoms with Gasteiger partial charge in [0.15, 0.2) is 9.84 Å². The predicted octanol–water partition coefficient (Wildman–Crippen LogP) is 2.00. The van der Waals surface area contributed by atoms with Crippen molar-refractivity contribution < 1.29 is 32.7 Å². The van der Waals surface area contributed by atoms with Crippen LogP contribution >= 0.6 is 0 Å². The highest BCUT2D eigenvalue weighted by Gasteiger charge is 2.33. The van der Waals surface area contributed by atoms with E-state index in [4.69, 9.17) is 9.94 Å². The molecule has 1 heterocycles. The molecule has 1 aromatic heterocycles. The number of carbonyl (C=O) groups excluding carboxylic acids is 3. The van der Waals surface area contributed by atoms with Crippen LogP contribution in [0.15, 0.2) is 65.7 Å². The van der Waals surface area contributed by atoms with E-state index in [-0.39, 0.29) is 37.4 Å². The first-order chi connectivity index (χ1) is 19.3. The van der Waals surface area contributed by atoms with Crippen molar-refractivity contribution in [3.05, 3.63) is 66.4 Å².